The van der Waals surface area contributed by atoms with E-state index in [2.05, 4.69) is 4.98 Å². The lowest BCUT2D eigenvalue weighted by Gasteiger charge is -2.03. The van der Waals surface area contributed by atoms with Crippen LogP contribution in [0.2, 0.25) is 5.02 Å². The second-order valence-corrected chi connectivity index (χ2v) is 4.92. The van der Waals surface area contributed by atoms with E-state index in [1.54, 1.807) is 30.5 Å². The van der Waals surface area contributed by atoms with Crippen LogP contribution < -0.4 is 10.5 Å². The van der Waals surface area contributed by atoms with Gasteiger partial charge in [0, 0.05) is 16.3 Å². The molecule has 5 heteroatoms. The van der Waals surface area contributed by atoms with Crippen molar-refractivity contribution in [2.75, 3.05) is 5.73 Å². The molecule has 21 heavy (non-hydrogen) atoms. The Labute approximate surface area is 127 Å². The Morgan fingerprint density at radius 1 is 1.14 bits per heavy atom. The summed E-state index contributed by atoms with van der Waals surface area (Å²) in [5.74, 6) is 1.88. The van der Waals surface area contributed by atoms with Crippen molar-refractivity contribution in [1.82, 2.24) is 4.98 Å². The third-order valence-corrected chi connectivity index (χ3v) is 3.14. The summed E-state index contributed by atoms with van der Waals surface area (Å²) in [4.78, 5) is 4.20. The molecule has 4 nitrogen and oxygen atoms in total. The van der Waals surface area contributed by atoms with Crippen LogP contribution in [0.4, 0.5) is 5.69 Å². The SMILES string of the molecule is Nc1ccc(OCc2ncc(-c3cccc(Cl)c3)o2)cc1. The zero-order valence-corrected chi connectivity index (χ0v) is 11.9. The summed E-state index contributed by atoms with van der Waals surface area (Å²) in [7, 11) is 0. The molecule has 0 unspecified atom stereocenters. The van der Waals surface area contributed by atoms with E-state index < -0.39 is 0 Å². The van der Waals surface area contributed by atoms with Crippen molar-refractivity contribution in [3.63, 3.8) is 0 Å². The largest absolute Gasteiger partial charge is 0.484 e. The summed E-state index contributed by atoms with van der Waals surface area (Å²) in [5.41, 5.74) is 7.20. The highest BCUT2D eigenvalue weighted by atomic mass is 35.5. The maximum absolute atomic E-state index is 5.96. The van der Waals surface area contributed by atoms with E-state index in [4.69, 9.17) is 26.5 Å². The number of aromatic nitrogens is 1. The molecule has 1 heterocycles. The number of nitrogens with zero attached hydrogens (tertiary/aromatic N) is 1. The van der Waals surface area contributed by atoms with E-state index in [9.17, 15) is 0 Å². The van der Waals surface area contributed by atoms with Crippen LogP contribution >= 0.6 is 11.6 Å². The van der Waals surface area contributed by atoms with Gasteiger partial charge in [0.2, 0.25) is 5.89 Å². The normalized spacial score (nSPS) is 10.5. The molecular weight excluding hydrogens is 288 g/mol. The minimum Gasteiger partial charge on any atom is -0.484 e. The van der Waals surface area contributed by atoms with Gasteiger partial charge in [0.05, 0.1) is 6.20 Å². The molecule has 0 atom stereocenters. The number of hydrogen-bond donors (Lipinski definition) is 1. The van der Waals surface area contributed by atoms with Crippen LogP contribution in [0.25, 0.3) is 11.3 Å². The van der Waals surface area contributed by atoms with E-state index in [-0.39, 0.29) is 6.61 Å². The van der Waals surface area contributed by atoms with Crippen molar-refractivity contribution in [1.29, 1.82) is 0 Å². The van der Waals surface area contributed by atoms with E-state index >= 15 is 0 Å². The molecule has 0 bridgehead atoms. The minimum absolute atomic E-state index is 0.254. The first-order chi connectivity index (χ1) is 10.2. The van der Waals surface area contributed by atoms with Crippen LogP contribution in [0, 0.1) is 0 Å². The fourth-order valence-corrected chi connectivity index (χ4v) is 2.05. The minimum atomic E-state index is 0.254. The summed E-state index contributed by atoms with van der Waals surface area (Å²) in [6.45, 7) is 0.254. The fourth-order valence-electron chi connectivity index (χ4n) is 1.86. The molecule has 0 radical (unpaired) electrons. The Morgan fingerprint density at radius 3 is 2.71 bits per heavy atom. The number of rotatable bonds is 4. The van der Waals surface area contributed by atoms with E-state index in [0.29, 0.717) is 28.1 Å². The molecule has 106 valence electrons. The lowest BCUT2D eigenvalue weighted by atomic mass is 10.2. The monoisotopic (exact) mass is 300 g/mol. The summed E-state index contributed by atoms with van der Waals surface area (Å²) in [5, 5.41) is 0.656. The Hall–Kier alpha value is -2.46. The van der Waals surface area contributed by atoms with Crippen molar-refractivity contribution in [3.05, 3.63) is 65.6 Å². The maximum Gasteiger partial charge on any atom is 0.232 e. The van der Waals surface area contributed by atoms with Gasteiger partial charge >= 0.3 is 0 Å². The van der Waals surface area contributed by atoms with Gasteiger partial charge in [-0.05, 0) is 36.4 Å². The first-order valence-corrected chi connectivity index (χ1v) is 6.77. The van der Waals surface area contributed by atoms with Gasteiger partial charge in [0.1, 0.15) is 5.75 Å². The summed E-state index contributed by atoms with van der Waals surface area (Å²) in [6.07, 6.45) is 1.66. The molecule has 2 aromatic carbocycles. The number of nitrogen functional groups attached to an aromatic ring is 1. The first kappa shape index (κ1) is 13.5. The molecule has 0 saturated carbocycles. The number of nitrogens with two attached hydrogens (primary N) is 1. The van der Waals surface area contributed by atoms with Gasteiger partial charge in [-0.1, -0.05) is 23.7 Å². The molecule has 0 aliphatic heterocycles. The zero-order valence-electron chi connectivity index (χ0n) is 11.1. The van der Waals surface area contributed by atoms with Crippen molar-refractivity contribution in [2.45, 2.75) is 6.61 Å². The van der Waals surface area contributed by atoms with Crippen molar-refractivity contribution < 1.29 is 9.15 Å². The molecule has 0 aliphatic rings. The standard InChI is InChI=1S/C16H13ClN2O2/c17-12-3-1-2-11(8-12)15-9-19-16(21-15)10-20-14-6-4-13(18)5-7-14/h1-9H,10,18H2. The molecule has 0 saturated heterocycles. The van der Waals surface area contributed by atoms with Gasteiger partial charge in [-0.15, -0.1) is 0 Å². The average molecular weight is 301 g/mol. The van der Waals surface area contributed by atoms with E-state index in [1.807, 2.05) is 24.3 Å². The van der Waals surface area contributed by atoms with Gasteiger partial charge < -0.3 is 14.9 Å². The molecule has 0 aliphatic carbocycles. The van der Waals surface area contributed by atoms with E-state index in [0.717, 1.165) is 5.56 Å². The van der Waals surface area contributed by atoms with Gasteiger partial charge in [0.15, 0.2) is 12.4 Å². The summed E-state index contributed by atoms with van der Waals surface area (Å²) < 4.78 is 11.2. The Bertz CT molecular complexity index is 738. The molecule has 3 rings (SSSR count). The fraction of sp³-hybridized carbons (Fsp3) is 0.0625. The molecule has 1 aromatic heterocycles. The van der Waals surface area contributed by atoms with Crippen LogP contribution in [0.3, 0.4) is 0 Å². The number of halogens is 1. The van der Waals surface area contributed by atoms with Crippen LogP contribution in [0.15, 0.2) is 59.1 Å². The van der Waals surface area contributed by atoms with Crippen molar-refractivity contribution in [3.8, 4) is 17.1 Å². The predicted molar refractivity (Wildman–Crippen MR) is 82.1 cm³/mol. The Kier molecular flexibility index (Phi) is 3.79. The third-order valence-electron chi connectivity index (χ3n) is 2.91. The van der Waals surface area contributed by atoms with Gasteiger partial charge in [-0.2, -0.15) is 0 Å². The predicted octanol–water partition coefficient (Wildman–Crippen LogP) is 4.16. The van der Waals surface area contributed by atoms with Crippen molar-refractivity contribution in [2.24, 2.45) is 0 Å². The third kappa shape index (κ3) is 3.35. The molecule has 2 N–H and O–H groups in total. The number of benzene rings is 2. The summed E-state index contributed by atoms with van der Waals surface area (Å²) in [6, 6.07) is 14.6. The molecule has 0 spiro atoms. The highest BCUT2D eigenvalue weighted by Crippen LogP contribution is 2.24. The number of ether oxygens (including phenoxy) is 1. The highest BCUT2D eigenvalue weighted by Gasteiger charge is 2.07. The quantitative estimate of drug-likeness (QED) is 0.735. The average Bonchev–Trinajstić information content (AvgIpc) is 2.96. The van der Waals surface area contributed by atoms with Gasteiger partial charge in [-0.3, -0.25) is 0 Å². The van der Waals surface area contributed by atoms with Crippen LogP contribution in [-0.4, -0.2) is 4.98 Å². The number of hydrogen-bond acceptors (Lipinski definition) is 4. The van der Waals surface area contributed by atoms with Gasteiger partial charge in [0.25, 0.3) is 0 Å². The second kappa shape index (κ2) is 5.89. The van der Waals surface area contributed by atoms with Gasteiger partial charge in [-0.25, -0.2) is 4.98 Å². The Balaban J connectivity index is 1.69. The lowest BCUT2D eigenvalue weighted by molar-refractivity contribution is 0.264. The maximum atomic E-state index is 5.96. The second-order valence-electron chi connectivity index (χ2n) is 4.49. The number of anilines is 1. The number of oxazole rings is 1. The topological polar surface area (TPSA) is 61.3 Å². The van der Waals surface area contributed by atoms with Crippen LogP contribution in [0.5, 0.6) is 5.75 Å². The zero-order chi connectivity index (χ0) is 14.7. The first-order valence-electron chi connectivity index (χ1n) is 6.40. The van der Waals surface area contributed by atoms with Crippen LogP contribution in [0.1, 0.15) is 5.89 Å². The molecule has 0 fully saturated rings. The Morgan fingerprint density at radius 2 is 1.95 bits per heavy atom. The van der Waals surface area contributed by atoms with Crippen molar-refractivity contribution >= 4 is 17.3 Å². The molecule has 0 amide bonds. The van der Waals surface area contributed by atoms with E-state index in [1.165, 1.54) is 0 Å². The van der Waals surface area contributed by atoms with Crippen LogP contribution in [-0.2, 0) is 6.61 Å². The lowest BCUT2D eigenvalue weighted by Crippen LogP contribution is -1.95. The summed E-state index contributed by atoms with van der Waals surface area (Å²) >= 11 is 5.96. The molecular formula is C16H13ClN2O2. The smallest absolute Gasteiger partial charge is 0.232 e. The highest BCUT2D eigenvalue weighted by molar-refractivity contribution is 6.30. The molecule has 3 aromatic rings.